The molecule has 0 saturated carbocycles. The zero-order chi connectivity index (χ0) is 12.3. The van der Waals surface area contributed by atoms with Crippen LogP contribution in [0.25, 0.3) is 0 Å². The van der Waals surface area contributed by atoms with E-state index >= 15 is 0 Å². The molecule has 0 aliphatic heterocycles. The number of hydrogen-bond donors (Lipinski definition) is 0. The number of benzene rings is 1. The number of alkyl halides is 2. The maximum Gasteiger partial charge on any atom is 0.387 e. The SMILES string of the molecule is CC(C)c1ccc(C(C)C)c(OC(F)F)c1. The van der Waals surface area contributed by atoms with E-state index in [9.17, 15) is 8.78 Å². The van der Waals surface area contributed by atoms with Gasteiger partial charge in [-0.2, -0.15) is 8.78 Å². The Bertz CT molecular complexity index is 346. The Morgan fingerprint density at radius 2 is 1.62 bits per heavy atom. The smallest absolute Gasteiger partial charge is 0.387 e. The van der Waals surface area contributed by atoms with E-state index in [0.717, 1.165) is 11.1 Å². The molecule has 16 heavy (non-hydrogen) atoms. The van der Waals surface area contributed by atoms with E-state index in [1.807, 2.05) is 39.8 Å². The minimum atomic E-state index is -2.76. The summed E-state index contributed by atoms with van der Waals surface area (Å²) in [6.45, 7) is 5.21. The third kappa shape index (κ3) is 3.19. The van der Waals surface area contributed by atoms with Crippen molar-refractivity contribution in [3.8, 4) is 5.75 Å². The van der Waals surface area contributed by atoms with Crippen LogP contribution in [-0.2, 0) is 0 Å². The number of ether oxygens (including phenoxy) is 1. The van der Waals surface area contributed by atoms with Crippen molar-refractivity contribution < 1.29 is 13.5 Å². The van der Waals surface area contributed by atoms with Crippen molar-refractivity contribution >= 4 is 0 Å². The van der Waals surface area contributed by atoms with Crippen LogP contribution in [0.4, 0.5) is 8.78 Å². The molecule has 1 rings (SSSR count). The highest BCUT2D eigenvalue weighted by atomic mass is 19.3. The van der Waals surface area contributed by atoms with Gasteiger partial charge in [0, 0.05) is 0 Å². The lowest BCUT2D eigenvalue weighted by Gasteiger charge is -2.16. The van der Waals surface area contributed by atoms with E-state index in [4.69, 9.17) is 0 Å². The van der Waals surface area contributed by atoms with Crippen LogP contribution in [0.3, 0.4) is 0 Å². The Labute approximate surface area is 95.4 Å². The summed E-state index contributed by atoms with van der Waals surface area (Å²) in [6, 6.07) is 5.56. The lowest BCUT2D eigenvalue weighted by Crippen LogP contribution is -2.06. The van der Waals surface area contributed by atoms with E-state index in [2.05, 4.69) is 4.74 Å². The molecule has 0 saturated heterocycles. The maximum absolute atomic E-state index is 12.3. The average molecular weight is 228 g/mol. The van der Waals surface area contributed by atoms with Crippen LogP contribution in [0.1, 0.15) is 50.7 Å². The van der Waals surface area contributed by atoms with Gasteiger partial charge in [0.1, 0.15) is 5.75 Å². The second kappa shape index (κ2) is 5.28. The van der Waals surface area contributed by atoms with E-state index in [1.54, 1.807) is 6.07 Å². The average Bonchev–Trinajstić information content (AvgIpc) is 2.15. The van der Waals surface area contributed by atoms with Gasteiger partial charge in [0.25, 0.3) is 0 Å². The predicted octanol–water partition coefficient (Wildman–Crippen LogP) is 4.53. The molecule has 0 bridgehead atoms. The highest BCUT2D eigenvalue weighted by molar-refractivity contribution is 5.40. The summed E-state index contributed by atoms with van der Waals surface area (Å²) in [6.07, 6.45) is 0. The minimum Gasteiger partial charge on any atom is -0.435 e. The highest BCUT2D eigenvalue weighted by Crippen LogP contribution is 2.31. The normalized spacial score (nSPS) is 11.6. The van der Waals surface area contributed by atoms with Crippen molar-refractivity contribution in [2.45, 2.75) is 46.1 Å². The maximum atomic E-state index is 12.3. The molecule has 0 aliphatic carbocycles. The van der Waals surface area contributed by atoms with Crippen LogP contribution in [-0.4, -0.2) is 6.61 Å². The predicted molar refractivity (Wildman–Crippen MR) is 61.3 cm³/mol. The molecule has 0 aromatic heterocycles. The molecule has 90 valence electrons. The van der Waals surface area contributed by atoms with Crippen molar-refractivity contribution in [3.63, 3.8) is 0 Å². The molecule has 0 aliphatic rings. The summed E-state index contributed by atoms with van der Waals surface area (Å²) in [5.74, 6) is 0.785. The van der Waals surface area contributed by atoms with Gasteiger partial charge < -0.3 is 4.74 Å². The first kappa shape index (κ1) is 12.9. The molecule has 0 spiro atoms. The van der Waals surface area contributed by atoms with Gasteiger partial charge in [0.2, 0.25) is 0 Å². The van der Waals surface area contributed by atoms with Crippen molar-refractivity contribution in [2.75, 3.05) is 0 Å². The first-order valence-corrected chi connectivity index (χ1v) is 5.50. The van der Waals surface area contributed by atoms with Crippen LogP contribution in [0.5, 0.6) is 5.75 Å². The molecule has 3 heteroatoms. The zero-order valence-electron chi connectivity index (χ0n) is 10.1. The van der Waals surface area contributed by atoms with Crippen molar-refractivity contribution in [1.29, 1.82) is 0 Å². The Morgan fingerprint density at radius 3 is 2.06 bits per heavy atom. The summed E-state index contributed by atoms with van der Waals surface area (Å²) in [5.41, 5.74) is 1.84. The molecule has 1 nitrogen and oxygen atoms in total. The standard InChI is InChI=1S/C13H18F2O/c1-8(2)10-5-6-11(9(3)4)12(7-10)16-13(14)15/h5-9,13H,1-4H3. The Balaban J connectivity index is 3.10. The van der Waals surface area contributed by atoms with Crippen LogP contribution in [0.2, 0.25) is 0 Å². The summed E-state index contributed by atoms with van der Waals surface area (Å²) >= 11 is 0. The van der Waals surface area contributed by atoms with Crippen molar-refractivity contribution in [1.82, 2.24) is 0 Å². The lowest BCUT2D eigenvalue weighted by molar-refractivity contribution is -0.0506. The molecule has 0 amide bonds. The van der Waals surface area contributed by atoms with E-state index in [1.165, 1.54) is 0 Å². The Hall–Kier alpha value is -1.12. The fourth-order valence-corrected chi connectivity index (χ4v) is 1.59. The summed E-state index contributed by atoms with van der Waals surface area (Å²) < 4.78 is 29.1. The number of rotatable bonds is 4. The monoisotopic (exact) mass is 228 g/mol. The van der Waals surface area contributed by atoms with Crippen molar-refractivity contribution in [3.05, 3.63) is 29.3 Å². The van der Waals surface area contributed by atoms with Gasteiger partial charge in [-0.3, -0.25) is 0 Å². The van der Waals surface area contributed by atoms with Gasteiger partial charge in [-0.05, 0) is 29.0 Å². The molecule has 0 radical (unpaired) electrons. The first-order chi connectivity index (χ1) is 7.41. The zero-order valence-corrected chi connectivity index (χ0v) is 10.1. The fourth-order valence-electron chi connectivity index (χ4n) is 1.59. The second-order valence-corrected chi connectivity index (χ2v) is 4.49. The summed E-state index contributed by atoms with van der Waals surface area (Å²) in [7, 11) is 0. The number of hydrogen-bond acceptors (Lipinski definition) is 1. The van der Waals surface area contributed by atoms with Gasteiger partial charge in [0.15, 0.2) is 0 Å². The van der Waals surface area contributed by atoms with Gasteiger partial charge >= 0.3 is 6.61 Å². The topological polar surface area (TPSA) is 9.23 Å². The molecule has 0 N–H and O–H groups in total. The van der Waals surface area contributed by atoms with Gasteiger partial charge in [0.05, 0.1) is 0 Å². The molecule has 0 unspecified atom stereocenters. The third-order valence-electron chi connectivity index (χ3n) is 2.54. The molecular weight excluding hydrogens is 210 g/mol. The summed E-state index contributed by atoms with van der Waals surface area (Å²) in [5, 5.41) is 0. The second-order valence-electron chi connectivity index (χ2n) is 4.49. The van der Waals surface area contributed by atoms with Crippen LogP contribution in [0, 0.1) is 0 Å². The fraction of sp³-hybridized carbons (Fsp3) is 0.538. The van der Waals surface area contributed by atoms with Gasteiger partial charge in [-0.1, -0.05) is 39.8 Å². The number of halogens is 2. The van der Waals surface area contributed by atoms with E-state index < -0.39 is 6.61 Å². The van der Waals surface area contributed by atoms with E-state index in [-0.39, 0.29) is 5.92 Å². The van der Waals surface area contributed by atoms with Crippen LogP contribution < -0.4 is 4.74 Å². The quantitative estimate of drug-likeness (QED) is 0.735. The Kier molecular flexibility index (Phi) is 4.27. The van der Waals surface area contributed by atoms with E-state index in [0.29, 0.717) is 11.7 Å². The largest absolute Gasteiger partial charge is 0.435 e. The van der Waals surface area contributed by atoms with Crippen LogP contribution >= 0.6 is 0 Å². The molecule has 0 fully saturated rings. The van der Waals surface area contributed by atoms with Gasteiger partial charge in [-0.15, -0.1) is 0 Å². The minimum absolute atomic E-state index is 0.176. The molecular formula is C13H18F2O. The lowest BCUT2D eigenvalue weighted by atomic mass is 9.96. The van der Waals surface area contributed by atoms with Gasteiger partial charge in [-0.25, -0.2) is 0 Å². The molecule has 1 aromatic rings. The molecule has 1 aromatic carbocycles. The van der Waals surface area contributed by atoms with Crippen molar-refractivity contribution in [2.24, 2.45) is 0 Å². The first-order valence-electron chi connectivity index (χ1n) is 5.50. The molecule has 0 atom stereocenters. The van der Waals surface area contributed by atoms with Crippen LogP contribution in [0.15, 0.2) is 18.2 Å². The Morgan fingerprint density at radius 1 is 1.00 bits per heavy atom. The molecule has 0 heterocycles. The summed E-state index contributed by atoms with van der Waals surface area (Å²) in [4.78, 5) is 0. The highest BCUT2D eigenvalue weighted by Gasteiger charge is 2.13. The third-order valence-corrected chi connectivity index (χ3v) is 2.54.